The summed E-state index contributed by atoms with van der Waals surface area (Å²) in [6.07, 6.45) is 4.01. The molecule has 148 valence electrons. The third-order valence-corrected chi connectivity index (χ3v) is 6.16. The van der Waals surface area contributed by atoms with Gasteiger partial charge in [-0.1, -0.05) is 30.3 Å². The first-order valence-corrected chi connectivity index (χ1v) is 10.4. The van der Waals surface area contributed by atoms with Crippen LogP contribution in [0.15, 0.2) is 42.5 Å². The number of ether oxygens (including phenoxy) is 1. The maximum Gasteiger partial charge on any atom is 0.166 e. The fraction of sp³-hybridized carbons (Fsp3) is 0.458. The average Bonchev–Trinajstić information content (AvgIpc) is 2.99. The maximum absolute atomic E-state index is 12.9. The standard InChI is InChI=1S/C24H29NO3/c1-2-28-23-15-21-19(14-22(23)26)13-20(24(21)27)12-17-8-10-25(11-9-17)16-18-6-4-3-5-7-18/h3-7,14-15,17,20,26H,2,8-13,16H2,1H3. The van der Waals surface area contributed by atoms with Gasteiger partial charge in [-0.05, 0) is 74.9 Å². The molecular weight excluding hydrogens is 350 g/mol. The Morgan fingerprint density at radius 2 is 1.89 bits per heavy atom. The number of phenols is 1. The molecule has 2 aromatic carbocycles. The fourth-order valence-electron chi connectivity index (χ4n) is 4.67. The van der Waals surface area contributed by atoms with Crippen molar-refractivity contribution in [2.24, 2.45) is 11.8 Å². The van der Waals surface area contributed by atoms with E-state index in [0.717, 1.165) is 56.4 Å². The quantitative estimate of drug-likeness (QED) is 0.806. The Kier molecular flexibility index (Phi) is 5.67. The number of hydrogen-bond donors (Lipinski definition) is 1. The van der Waals surface area contributed by atoms with Crippen molar-refractivity contribution < 1.29 is 14.6 Å². The van der Waals surface area contributed by atoms with Crippen molar-refractivity contribution in [2.75, 3.05) is 19.7 Å². The van der Waals surface area contributed by atoms with E-state index in [-0.39, 0.29) is 17.5 Å². The summed E-state index contributed by atoms with van der Waals surface area (Å²) in [7, 11) is 0. The normalized spacial score (nSPS) is 20.3. The van der Waals surface area contributed by atoms with E-state index in [4.69, 9.17) is 4.74 Å². The largest absolute Gasteiger partial charge is 0.504 e. The zero-order chi connectivity index (χ0) is 19.5. The first-order chi connectivity index (χ1) is 13.6. The van der Waals surface area contributed by atoms with Crippen molar-refractivity contribution in [1.82, 2.24) is 4.90 Å². The van der Waals surface area contributed by atoms with Crippen molar-refractivity contribution >= 4 is 5.78 Å². The summed E-state index contributed by atoms with van der Waals surface area (Å²) in [5, 5.41) is 10.1. The van der Waals surface area contributed by atoms with Gasteiger partial charge in [0.1, 0.15) is 0 Å². The number of fused-ring (bicyclic) bond motifs is 1. The number of Topliss-reactive ketones (excluding diaryl/α,β-unsaturated/α-hetero) is 1. The van der Waals surface area contributed by atoms with Crippen molar-refractivity contribution in [3.8, 4) is 11.5 Å². The molecule has 0 amide bonds. The van der Waals surface area contributed by atoms with Crippen LogP contribution in [-0.2, 0) is 13.0 Å². The van der Waals surface area contributed by atoms with E-state index in [1.807, 2.05) is 6.92 Å². The molecule has 0 radical (unpaired) electrons. The lowest BCUT2D eigenvalue weighted by molar-refractivity contribution is 0.0895. The second kappa shape index (κ2) is 8.36. The van der Waals surface area contributed by atoms with E-state index in [1.54, 1.807) is 12.1 Å². The van der Waals surface area contributed by atoms with Gasteiger partial charge in [0.25, 0.3) is 0 Å². The number of hydrogen-bond acceptors (Lipinski definition) is 4. The van der Waals surface area contributed by atoms with E-state index in [2.05, 4.69) is 35.2 Å². The van der Waals surface area contributed by atoms with Crippen LogP contribution in [0.1, 0.15) is 47.7 Å². The SMILES string of the molecule is CCOc1cc2c(cc1O)CC(CC1CCN(Cc3ccccc3)CC1)C2=O. The van der Waals surface area contributed by atoms with E-state index in [1.165, 1.54) is 5.56 Å². The number of likely N-dealkylation sites (tertiary alicyclic amines) is 1. The van der Waals surface area contributed by atoms with Crippen LogP contribution in [0.2, 0.25) is 0 Å². The van der Waals surface area contributed by atoms with Gasteiger partial charge in [0.05, 0.1) is 6.61 Å². The highest BCUT2D eigenvalue weighted by Crippen LogP contribution is 2.39. The van der Waals surface area contributed by atoms with Crippen LogP contribution in [0.25, 0.3) is 0 Å². The third-order valence-electron chi connectivity index (χ3n) is 6.16. The summed E-state index contributed by atoms with van der Waals surface area (Å²) < 4.78 is 5.45. The molecule has 1 unspecified atom stereocenters. The Bertz CT molecular complexity index is 825. The molecule has 0 saturated carbocycles. The minimum atomic E-state index is 0.0527. The molecule has 1 N–H and O–H groups in total. The molecule has 0 spiro atoms. The van der Waals surface area contributed by atoms with Crippen molar-refractivity contribution in [2.45, 2.75) is 39.2 Å². The molecule has 1 aliphatic carbocycles. The number of phenolic OH excluding ortho intramolecular Hbond substituents is 1. The monoisotopic (exact) mass is 379 g/mol. The van der Waals surface area contributed by atoms with Gasteiger partial charge < -0.3 is 9.84 Å². The highest BCUT2D eigenvalue weighted by atomic mass is 16.5. The molecular formula is C24H29NO3. The van der Waals surface area contributed by atoms with Crippen molar-refractivity contribution in [1.29, 1.82) is 0 Å². The van der Waals surface area contributed by atoms with Crippen LogP contribution in [0.3, 0.4) is 0 Å². The first-order valence-electron chi connectivity index (χ1n) is 10.4. The molecule has 28 heavy (non-hydrogen) atoms. The molecule has 1 saturated heterocycles. The molecule has 1 fully saturated rings. The number of carbonyl (C=O) groups excluding carboxylic acids is 1. The van der Waals surface area contributed by atoms with Crippen LogP contribution in [0, 0.1) is 11.8 Å². The number of benzene rings is 2. The van der Waals surface area contributed by atoms with Gasteiger partial charge in [-0.15, -0.1) is 0 Å². The summed E-state index contributed by atoms with van der Waals surface area (Å²) in [5.41, 5.74) is 3.08. The van der Waals surface area contributed by atoms with Gasteiger partial charge in [0.15, 0.2) is 17.3 Å². The Morgan fingerprint density at radius 3 is 2.61 bits per heavy atom. The lowest BCUT2D eigenvalue weighted by atomic mass is 9.85. The van der Waals surface area contributed by atoms with Crippen LogP contribution < -0.4 is 4.74 Å². The Balaban J connectivity index is 1.32. The second-order valence-corrected chi connectivity index (χ2v) is 8.12. The molecule has 4 nitrogen and oxygen atoms in total. The fourth-order valence-corrected chi connectivity index (χ4v) is 4.67. The van der Waals surface area contributed by atoms with Gasteiger partial charge >= 0.3 is 0 Å². The number of aromatic hydroxyl groups is 1. The second-order valence-electron chi connectivity index (χ2n) is 8.12. The summed E-state index contributed by atoms with van der Waals surface area (Å²) in [4.78, 5) is 15.4. The molecule has 1 atom stereocenters. The van der Waals surface area contributed by atoms with E-state index < -0.39 is 0 Å². The first kappa shape index (κ1) is 19.0. The van der Waals surface area contributed by atoms with Gasteiger partial charge in [0.2, 0.25) is 0 Å². The number of ketones is 1. The number of carbonyl (C=O) groups is 1. The van der Waals surface area contributed by atoms with Crippen LogP contribution >= 0.6 is 0 Å². The maximum atomic E-state index is 12.9. The number of piperidine rings is 1. The van der Waals surface area contributed by atoms with E-state index in [0.29, 0.717) is 18.3 Å². The molecule has 2 aliphatic rings. The molecule has 2 aromatic rings. The summed E-state index contributed by atoms with van der Waals surface area (Å²) >= 11 is 0. The predicted molar refractivity (Wildman–Crippen MR) is 110 cm³/mol. The predicted octanol–water partition coefficient (Wildman–Crippen LogP) is 4.45. The number of nitrogens with zero attached hydrogens (tertiary/aromatic N) is 1. The topological polar surface area (TPSA) is 49.8 Å². The van der Waals surface area contributed by atoms with E-state index in [9.17, 15) is 9.90 Å². The summed E-state index contributed by atoms with van der Waals surface area (Å²) in [6.45, 7) is 5.57. The van der Waals surface area contributed by atoms with Gasteiger partial charge in [-0.2, -0.15) is 0 Å². The molecule has 4 rings (SSSR count). The minimum absolute atomic E-state index is 0.0527. The van der Waals surface area contributed by atoms with Gasteiger partial charge in [0, 0.05) is 18.0 Å². The van der Waals surface area contributed by atoms with Crippen LogP contribution in [-0.4, -0.2) is 35.5 Å². The summed E-state index contributed by atoms with van der Waals surface area (Å²) in [5.74, 6) is 1.45. The van der Waals surface area contributed by atoms with Crippen molar-refractivity contribution in [3.05, 3.63) is 59.2 Å². The number of rotatable bonds is 6. The minimum Gasteiger partial charge on any atom is -0.504 e. The van der Waals surface area contributed by atoms with Gasteiger partial charge in [-0.25, -0.2) is 0 Å². The molecule has 4 heteroatoms. The molecule has 1 heterocycles. The zero-order valence-electron chi connectivity index (χ0n) is 16.6. The Hall–Kier alpha value is -2.33. The average molecular weight is 380 g/mol. The third kappa shape index (κ3) is 4.07. The summed E-state index contributed by atoms with van der Waals surface area (Å²) in [6, 6.07) is 14.1. The van der Waals surface area contributed by atoms with Crippen LogP contribution in [0.4, 0.5) is 0 Å². The molecule has 1 aliphatic heterocycles. The lowest BCUT2D eigenvalue weighted by Gasteiger charge is -2.32. The Labute approximate surface area is 167 Å². The Morgan fingerprint density at radius 1 is 1.14 bits per heavy atom. The highest BCUT2D eigenvalue weighted by Gasteiger charge is 2.34. The molecule has 0 bridgehead atoms. The van der Waals surface area contributed by atoms with Crippen LogP contribution in [0.5, 0.6) is 11.5 Å². The van der Waals surface area contributed by atoms with Crippen molar-refractivity contribution in [3.63, 3.8) is 0 Å². The molecule has 0 aromatic heterocycles. The lowest BCUT2D eigenvalue weighted by Crippen LogP contribution is -2.34. The van der Waals surface area contributed by atoms with E-state index >= 15 is 0 Å². The van der Waals surface area contributed by atoms with Gasteiger partial charge in [-0.3, -0.25) is 9.69 Å². The zero-order valence-corrected chi connectivity index (χ0v) is 16.6. The highest BCUT2D eigenvalue weighted by molar-refractivity contribution is 6.02. The smallest absolute Gasteiger partial charge is 0.166 e.